The van der Waals surface area contributed by atoms with Crippen LogP contribution in [0.25, 0.3) is 0 Å². The minimum Gasteiger partial charge on any atom is -0.497 e. The van der Waals surface area contributed by atoms with Gasteiger partial charge in [0.1, 0.15) is 18.1 Å². The molecule has 20 heavy (non-hydrogen) atoms. The average Bonchev–Trinajstić information content (AvgIpc) is 2.45. The van der Waals surface area contributed by atoms with Crippen molar-refractivity contribution in [3.8, 4) is 11.5 Å². The zero-order chi connectivity index (χ0) is 14.6. The molecule has 0 spiro atoms. The predicted octanol–water partition coefficient (Wildman–Crippen LogP) is 4.57. The molecular formula is C18H22O2. The van der Waals surface area contributed by atoms with Gasteiger partial charge in [-0.2, -0.15) is 0 Å². The summed E-state index contributed by atoms with van der Waals surface area (Å²) in [7, 11) is 1.67. The first-order chi connectivity index (χ1) is 9.49. The van der Waals surface area contributed by atoms with Crippen molar-refractivity contribution in [3.63, 3.8) is 0 Å². The van der Waals surface area contributed by atoms with E-state index in [1.807, 2.05) is 36.4 Å². The van der Waals surface area contributed by atoms with E-state index in [9.17, 15) is 0 Å². The number of hydrogen-bond donors (Lipinski definition) is 0. The van der Waals surface area contributed by atoms with Crippen molar-refractivity contribution in [1.82, 2.24) is 0 Å². The number of ether oxygens (including phenoxy) is 2. The molecule has 0 saturated heterocycles. The molecule has 0 atom stereocenters. The topological polar surface area (TPSA) is 18.5 Å². The van der Waals surface area contributed by atoms with Crippen LogP contribution in [0, 0.1) is 0 Å². The lowest BCUT2D eigenvalue weighted by molar-refractivity contribution is 0.304. The summed E-state index contributed by atoms with van der Waals surface area (Å²) in [5.41, 5.74) is 2.51. The van der Waals surface area contributed by atoms with Gasteiger partial charge in [-0.15, -0.1) is 0 Å². The molecule has 0 bridgehead atoms. The summed E-state index contributed by atoms with van der Waals surface area (Å²) >= 11 is 0. The van der Waals surface area contributed by atoms with Gasteiger partial charge in [-0.05, 0) is 40.8 Å². The second kappa shape index (κ2) is 6.00. The van der Waals surface area contributed by atoms with Crippen molar-refractivity contribution in [2.75, 3.05) is 7.11 Å². The summed E-state index contributed by atoms with van der Waals surface area (Å²) in [6, 6.07) is 16.2. The van der Waals surface area contributed by atoms with Gasteiger partial charge in [-0.25, -0.2) is 0 Å². The van der Waals surface area contributed by atoms with E-state index in [4.69, 9.17) is 9.47 Å². The van der Waals surface area contributed by atoms with Gasteiger partial charge in [0.25, 0.3) is 0 Å². The van der Waals surface area contributed by atoms with Crippen LogP contribution in [0.2, 0.25) is 0 Å². The van der Waals surface area contributed by atoms with Crippen LogP contribution in [-0.2, 0) is 12.0 Å². The quantitative estimate of drug-likeness (QED) is 0.810. The lowest BCUT2D eigenvalue weighted by atomic mass is 9.87. The number of methoxy groups -OCH3 is 1. The first kappa shape index (κ1) is 14.4. The van der Waals surface area contributed by atoms with Crippen LogP contribution in [0.3, 0.4) is 0 Å². The molecule has 0 unspecified atom stereocenters. The molecule has 0 aliphatic heterocycles. The first-order valence-electron chi connectivity index (χ1n) is 6.85. The zero-order valence-corrected chi connectivity index (χ0v) is 12.6. The molecule has 0 saturated carbocycles. The Morgan fingerprint density at radius 2 is 1.60 bits per heavy atom. The van der Waals surface area contributed by atoms with E-state index < -0.39 is 0 Å². The molecule has 0 amide bonds. The van der Waals surface area contributed by atoms with Gasteiger partial charge in [-0.3, -0.25) is 0 Å². The van der Waals surface area contributed by atoms with E-state index in [0.717, 1.165) is 17.1 Å². The second-order valence-corrected chi connectivity index (χ2v) is 5.92. The zero-order valence-electron chi connectivity index (χ0n) is 12.6. The van der Waals surface area contributed by atoms with Gasteiger partial charge in [0.2, 0.25) is 0 Å². The van der Waals surface area contributed by atoms with Crippen LogP contribution >= 0.6 is 0 Å². The molecule has 2 aromatic rings. The largest absolute Gasteiger partial charge is 0.497 e. The lowest BCUT2D eigenvalue weighted by Gasteiger charge is -2.19. The molecule has 0 radical (unpaired) electrons. The molecule has 0 heterocycles. The summed E-state index contributed by atoms with van der Waals surface area (Å²) in [6.07, 6.45) is 0. The highest BCUT2D eigenvalue weighted by molar-refractivity contribution is 5.33. The highest BCUT2D eigenvalue weighted by atomic mass is 16.5. The molecule has 106 valence electrons. The predicted molar refractivity (Wildman–Crippen MR) is 82.5 cm³/mol. The van der Waals surface area contributed by atoms with Crippen molar-refractivity contribution < 1.29 is 9.47 Å². The third-order valence-electron chi connectivity index (χ3n) is 3.24. The summed E-state index contributed by atoms with van der Waals surface area (Å²) in [5.74, 6) is 1.76. The maximum absolute atomic E-state index is 5.87. The Labute approximate surface area is 121 Å². The van der Waals surface area contributed by atoms with Crippen LogP contribution < -0.4 is 9.47 Å². The number of hydrogen-bond acceptors (Lipinski definition) is 2. The highest BCUT2D eigenvalue weighted by Gasteiger charge is 2.13. The van der Waals surface area contributed by atoms with Crippen LogP contribution in [0.4, 0.5) is 0 Å². The summed E-state index contributed by atoms with van der Waals surface area (Å²) in [5, 5.41) is 0. The fourth-order valence-corrected chi connectivity index (χ4v) is 1.98. The minimum absolute atomic E-state index is 0.134. The molecule has 0 N–H and O–H groups in total. The van der Waals surface area contributed by atoms with Crippen molar-refractivity contribution in [3.05, 3.63) is 59.7 Å². The SMILES string of the molecule is COc1cccc(COc2cccc(C(C)(C)C)c2)c1. The molecule has 0 aliphatic carbocycles. The fraction of sp³-hybridized carbons (Fsp3) is 0.333. The van der Waals surface area contributed by atoms with Gasteiger partial charge in [0.15, 0.2) is 0 Å². The Morgan fingerprint density at radius 3 is 2.30 bits per heavy atom. The van der Waals surface area contributed by atoms with Gasteiger partial charge in [0, 0.05) is 0 Å². The molecule has 2 rings (SSSR count). The highest BCUT2D eigenvalue weighted by Crippen LogP contribution is 2.26. The molecule has 0 aliphatic rings. The van der Waals surface area contributed by atoms with E-state index >= 15 is 0 Å². The standard InChI is InChI=1S/C18H22O2/c1-18(2,3)15-8-6-10-17(12-15)20-13-14-7-5-9-16(11-14)19-4/h5-12H,13H2,1-4H3. The van der Waals surface area contributed by atoms with E-state index in [1.165, 1.54) is 5.56 Å². The molecule has 2 aromatic carbocycles. The Hall–Kier alpha value is -1.96. The Kier molecular flexibility index (Phi) is 4.33. The third kappa shape index (κ3) is 3.77. The van der Waals surface area contributed by atoms with E-state index in [0.29, 0.717) is 6.61 Å². The van der Waals surface area contributed by atoms with Gasteiger partial charge in [-0.1, -0.05) is 45.0 Å². The second-order valence-electron chi connectivity index (χ2n) is 5.92. The van der Waals surface area contributed by atoms with Crippen molar-refractivity contribution in [2.45, 2.75) is 32.8 Å². The first-order valence-corrected chi connectivity index (χ1v) is 6.85. The van der Waals surface area contributed by atoms with Gasteiger partial charge >= 0.3 is 0 Å². The van der Waals surface area contributed by atoms with Crippen LogP contribution in [-0.4, -0.2) is 7.11 Å². The summed E-state index contributed by atoms with van der Waals surface area (Å²) in [4.78, 5) is 0. The molecule has 2 heteroatoms. The fourth-order valence-electron chi connectivity index (χ4n) is 1.98. The van der Waals surface area contributed by atoms with Gasteiger partial charge < -0.3 is 9.47 Å². The molecule has 0 aromatic heterocycles. The van der Waals surface area contributed by atoms with E-state index in [-0.39, 0.29) is 5.41 Å². The molecule has 2 nitrogen and oxygen atoms in total. The van der Waals surface area contributed by atoms with E-state index in [1.54, 1.807) is 7.11 Å². The molecule has 0 fully saturated rings. The van der Waals surface area contributed by atoms with E-state index in [2.05, 4.69) is 32.9 Å². The number of rotatable bonds is 4. The maximum atomic E-state index is 5.87. The molecular weight excluding hydrogens is 248 g/mol. The maximum Gasteiger partial charge on any atom is 0.120 e. The van der Waals surface area contributed by atoms with Crippen LogP contribution in [0.5, 0.6) is 11.5 Å². The summed E-state index contributed by atoms with van der Waals surface area (Å²) < 4.78 is 11.1. The Balaban J connectivity index is 2.07. The average molecular weight is 270 g/mol. The normalized spacial score (nSPS) is 11.2. The van der Waals surface area contributed by atoms with Crippen molar-refractivity contribution >= 4 is 0 Å². The Bertz CT molecular complexity index is 568. The van der Waals surface area contributed by atoms with Crippen LogP contribution in [0.15, 0.2) is 48.5 Å². The smallest absolute Gasteiger partial charge is 0.120 e. The monoisotopic (exact) mass is 270 g/mol. The van der Waals surface area contributed by atoms with Crippen molar-refractivity contribution in [1.29, 1.82) is 0 Å². The van der Waals surface area contributed by atoms with Crippen molar-refractivity contribution in [2.24, 2.45) is 0 Å². The number of benzene rings is 2. The lowest BCUT2D eigenvalue weighted by Crippen LogP contribution is -2.10. The Morgan fingerprint density at radius 1 is 0.900 bits per heavy atom. The van der Waals surface area contributed by atoms with Gasteiger partial charge in [0.05, 0.1) is 7.11 Å². The third-order valence-corrected chi connectivity index (χ3v) is 3.24. The minimum atomic E-state index is 0.134. The van der Waals surface area contributed by atoms with Crippen LogP contribution in [0.1, 0.15) is 31.9 Å². The summed E-state index contributed by atoms with van der Waals surface area (Å²) in [6.45, 7) is 7.15.